The molecule has 0 unspecified atom stereocenters. The van der Waals surface area contributed by atoms with Gasteiger partial charge in [-0.05, 0) is 30.5 Å². The van der Waals surface area contributed by atoms with Gasteiger partial charge in [-0.15, -0.1) is 0 Å². The molecule has 3 heterocycles. The highest BCUT2D eigenvalue weighted by Gasteiger charge is 2.30. The topological polar surface area (TPSA) is 97.7 Å². The number of methoxy groups -OCH3 is 1. The summed E-state index contributed by atoms with van der Waals surface area (Å²) in [4.78, 5) is 20.8. The Morgan fingerprint density at radius 2 is 2.31 bits per heavy atom. The van der Waals surface area contributed by atoms with E-state index in [4.69, 9.17) is 4.74 Å². The van der Waals surface area contributed by atoms with Crippen molar-refractivity contribution in [3.05, 3.63) is 48.6 Å². The zero-order valence-corrected chi connectivity index (χ0v) is 16.4. The van der Waals surface area contributed by atoms with Crippen molar-refractivity contribution >= 4 is 38.8 Å². The number of anilines is 1. The van der Waals surface area contributed by atoms with Gasteiger partial charge in [-0.25, -0.2) is 9.97 Å². The highest BCUT2D eigenvalue weighted by atomic mass is 32.1. The first-order valence-corrected chi connectivity index (χ1v) is 10.0. The number of H-pyrrole nitrogens is 1. The number of benzene rings is 1. The number of nitrogens with one attached hydrogen (secondary N) is 2. The predicted octanol–water partition coefficient (Wildman–Crippen LogP) is 3.84. The van der Waals surface area contributed by atoms with Crippen LogP contribution >= 0.6 is 11.3 Å². The van der Waals surface area contributed by atoms with E-state index in [1.54, 1.807) is 25.9 Å². The SMILES string of the molecule is CO/C=C\c1cccc(-c2cncn2-c2n[nH]c3nc(NC(=O)C4CC4)sc23)c1. The molecule has 0 aliphatic heterocycles. The molecular weight excluding hydrogens is 388 g/mol. The molecule has 1 saturated carbocycles. The molecule has 3 aromatic heterocycles. The summed E-state index contributed by atoms with van der Waals surface area (Å²) < 4.78 is 7.79. The highest BCUT2D eigenvalue weighted by Crippen LogP contribution is 2.34. The Bertz CT molecular complexity index is 1220. The Kier molecular flexibility index (Phi) is 4.36. The maximum Gasteiger partial charge on any atom is 0.229 e. The van der Waals surface area contributed by atoms with Crippen LogP contribution in [0.3, 0.4) is 0 Å². The molecule has 8 nitrogen and oxygen atoms in total. The molecule has 146 valence electrons. The van der Waals surface area contributed by atoms with Gasteiger partial charge in [0, 0.05) is 11.5 Å². The number of hydrogen-bond acceptors (Lipinski definition) is 6. The van der Waals surface area contributed by atoms with Crippen LogP contribution in [0.15, 0.2) is 43.1 Å². The zero-order valence-electron chi connectivity index (χ0n) is 15.6. The van der Waals surface area contributed by atoms with Gasteiger partial charge < -0.3 is 10.1 Å². The van der Waals surface area contributed by atoms with Gasteiger partial charge in [0.1, 0.15) is 11.0 Å². The molecule has 0 bridgehead atoms. The fourth-order valence-electron chi connectivity index (χ4n) is 3.10. The van der Waals surface area contributed by atoms with Crippen molar-refractivity contribution < 1.29 is 9.53 Å². The Hall–Kier alpha value is -3.46. The van der Waals surface area contributed by atoms with Crippen LogP contribution in [0.1, 0.15) is 18.4 Å². The Morgan fingerprint density at radius 3 is 3.14 bits per heavy atom. The summed E-state index contributed by atoms with van der Waals surface area (Å²) in [6, 6.07) is 8.07. The molecule has 9 heteroatoms. The quantitative estimate of drug-likeness (QED) is 0.474. The third-order valence-corrected chi connectivity index (χ3v) is 5.69. The smallest absolute Gasteiger partial charge is 0.229 e. The normalized spacial score (nSPS) is 14.0. The lowest BCUT2D eigenvalue weighted by Crippen LogP contribution is -2.12. The first kappa shape index (κ1) is 17.6. The van der Waals surface area contributed by atoms with Crippen LogP contribution in [-0.4, -0.2) is 37.7 Å². The van der Waals surface area contributed by atoms with Gasteiger partial charge in [0.15, 0.2) is 16.6 Å². The Balaban J connectivity index is 1.50. The molecule has 1 aromatic carbocycles. The minimum atomic E-state index is 0.0418. The van der Waals surface area contributed by atoms with Crippen molar-refractivity contribution in [3.8, 4) is 17.1 Å². The minimum absolute atomic E-state index is 0.0418. The Labute approximate surface area is 170 Å². The molecule has 1 aliphatic carbocycles. The lowest BCUT2D eigenvalue weighted by molar-refractivity contribution is -0.117. The third kappa shape index (κ3) is 3.40. The first-order valence-electron chi connectivity index (χ1n) is 9.21. The standard InChI is InChI=1S/C20H18N6O2S/c1-28-8-7-12-3-2-4-14(9-12)15-10-21-11-26(15)18-16-17(24-25-18)22-20(29-16)23-19(27)13-5-6-13/h2-4,7-11,13H,5-6H2,1H3,(H2,22,23,24,25,27)/b8-7-. The summed E-state index contributed by atoms with van der Waals surface area (Å²) in [6.45, 7) is 0. The van der Waals surface area contributed by atoms with Crippen LogP contribution in [0.25, 0.3) is 33.5 Å². The van der Waals surface area contributed by atoms with Crippen LogP contribution in [-0.2, 0) is 9.53 Å². The number of thiazole rings is 1. The molecule has 0 atom stereocenters. The number of amides is 1. The predicted molar refractivity (Wildman–Crippen MR) is 112 cm³/mol. The van der Waals surface area contributed by atoms with E-state index in [2.05, 4.69) is 31.5 Å². The summed E-state index contributed by atoms with van der Waals surface area (Å²) in [5.74, 6) is 0.879. The van der Waals surface area contributed by atoms with Gasteiger partial charge in [-0.1, -0.05) is 29.5 Å². The van der Waals surface area contributed by atoms with E-state index in [0.29, 0.717) is 16.6 Å². The van der Waals surface area contributed by atoms with Crippen LogP contribution in [0.2, 0.25) is 0 Å². The van der Waals surface area contributed by atoms with Crippen molar-refractivity contribution in [1.82, 2.24) is 24.7 Å². The number of fused-ring (bicyclic) bond motifs is 1. The van der Waals surface area contributed by atoms with Crippen LogP contribution in [0.4, 0.5) is 5.13 Å². The zero-order chi connectivity index (χ0) is 19.8. The number of imidazole rings is 1. The maximum absolute atomic E-state index is 12.0. The molecular formula is C20H18N6O2S. The van der Waals surface area contributed by atoms with Crippen molar-refractivity contribution in [1.29, 1.82) is 0 Å². The van der Waals surface area contributed by atoms with E-state index >= 15 is 0 Å². The van der Waals surface area contributed by atoms with E-state index in [-0.39, 0.29) is 11.8 Å². The van der Waals surface area contributed by atoms with Crippen LogP contribution in [0.5, 0.6) is 0 Å². The molecule has 0 radical (unpaired) electrons. The fraction of sp³-hybridized carbons (Fsp3) is 0.200. The minimum Gasteiger partial charge on any atom is -0.504 e. The van der Waals surface area contributed by atoms with Crippen molar-refractivity contribution in [2.75, 3.05) is 12.4 Å². The first-order chi connectivity index (χ1) is 14.2. The van der Waals surface area contributed by atoms with Gasteiger partial charge in [0.2, 0.25) is 5.91 Å². The fourth-order valence-corrected chi connectivity index (χ4v) is 4.00. The second kappa shape index (κ2) is 7.17. The second-order valence-electron chi connectivity index (χ2n) is 6.82. The molecule has 1 amide bonds. The van der Waals surface area contributed by atoms with E-state index < -0.39 is 0 Å². The van der Waals surface area contributed by atoms with E-state index in [0.717, 1.165) is 34.4 Å². The van der Waals surface area contributed by atoms with Gasteiger partial charge in [0.05, 0.1) is 25.3 Å². The van der Waals surface area contributed by atoms with Gasteiger partial charge in [-0.3, -0.25) is 14.5 Å². The molecule has 1 fully saturated rings. The summed E-state index contributed by atoms with van der Waals surface area (Å²) in [5, 5.41) is 10.9. The molecule has 0 spiro atoms. The number of ether oxygens (including phenoxy) is 1. The number of carbonyl (C=O) groups is 1. The Morgan fingerprint density at radius 1 is 1.41 bits per heavy atom. The maximum atomic E-state index is 12.0. The van der Waals surface area contributed by atoms with E-state index in [1.807, 2.05) is 28.8 Å². The molecule has 5 rings (SSSR count). The lowest BCUT2D eigenvalue weighted by Gasteiger charge is -2.06. The van der Waals surface area contributed by atoms with Gasteiger partial charge in [0.25, 0.3) is 0 Å². The number of aromatic nitrogens is 5. The molecule has 2 N–H and O–H groups in total. The van der Waals surface area contributed by atoms with E-state index in [1.165, 1.54) is 11.3 Å². The number of aromatic amines is 1. The van der Waals surface area contributed by atoms with Crippen LogP contribution in [0, 0.1) is 5.92 Å². The number of hydrogen-bond donors (Lipinski definition) is 2. The summed E-state index contributed by atoms with van der Waals surface area (Å²) in [5.41, 5.74) is 3.58. The second-order valence-corrected chi connectivity index (χ2v) is 7.82. The lowest BCUT2D eigenvalue weighted by atomic mass is 10.1. The molecule has 4 aromatic rings. The number of nitrogens with zero attached hydrogens (tertiary/aromatic N) is 4. The number of carbonyl (C=O) groups excluding carboxylic acids is 1. The third-order valence-electron chi connectivity index (χ3n) is 4.72. The monoisotopic (exact) mass is 406 g/mol. The highest BCUT2D eigenvalue weighted by molar-refractivity contribution is 7.22. The van der Waals surface area contributed by atoms with Gasteiger partial charge >= 0.3 is 0 Å². The molecule has 0 saturated heterocycles. The summed E-state index contributed by atoms with van der Waals surface area (Å²) in [6.07, 6.45) is 8.98. The van der Waals surface area contributed by atoms with Crippen molar-refractivity contribution in [2.24, 2.45) is 5.92 Å². The summed E-state index contributed by atoms with van der Waals surface area (Å²) >= 11 is 1.41. The summed E-state index contributed by atoms with van der Waals surface area (Å²) in [7, 11) is 1.62. The van der Waals surface area contributed by atoms with Crippen molar-refractivity contribution in [2.45, 2.75) is 12.8 Å². The van der Waals surface area contributed by atoms with Gasteiger partial charge in [-0.2, -0.15) is 5.10 Å². The number of rotatable bonds is 6. The average Bonchev–Trinajstić information content (AvgIpc) is 3.15. The van der Waals surface area contributed by atoms with Crippen LogP contribution < -0.4 is 5.32 Å². The average molecular weight is 406 g/mol. The molecule has 1 aliphatic rings. The molecule has 29 heavy (non-hydrogen) atoms. The van der Waals surface area contributed by atoms with Crippen molar-refractivity contribution in [3.63, 3.8) is 0 Å². The van der Waals surface area contributed by atoms with E-state index in [9.17, 15) is 4.79 Å². The largest absolute Gasteiger partial charge is 0.504 e.